The van der Waals surface area contributed by atoms with Crippen LogP contribution >= 0.6 is 0 Å². The highest BCUT2D eigenvalue weighted by Gasteiger charge is 2.25. The summed E-state index contributed by atoms with van der Waals surface area (Å²) in [6.45, 7) is 9.38. The second kappa shape index (κ2) is 5.99. The van der Waals surface area contributed by atoms with Crippen LogP contribution in [0, 0.1) is 5.92 Å². The zero-order valence-electron chi connectivity index (χ0n) is 10.7. The van der Waals surface area contributed by atoms with Gasteiger partial charge < -0.3 is 10.6 Å². The molecular formula is C13H27N3. The van der Waals surface area contributed by atoms with Crippen LogP contribution in [-0.4, -0.2) is 55.1 Å². The Hall–Kier alpha value is -0.120. The summed E-state index contributed by atoms with van der Waals surface area (Å²) >= 11 is 0. The lowest BCUT2D eigenvalue weighted by atomic mass is 9.85. The van der Waals surface area contributed by atoms with Crippen LogP contribution in [0.1, 0.15) is 32.6 Å². The van der Waals surface area contributed by atoms with Crippen molar-refractivity contribution in [2.45, 2.75) is 38.6 Å². The Morgan fingerprint density at radius 2 is 1.88 bits per heavy atom. The van der Waals surface area contributed by atoms with Crippen molar-refractivity contribution in [1.82, 2.24) is 9.80 Å². The first kappa shape index (κ1) is 12.3. The Morgan fingerprint density at radius 1 is 1.19 bits per heavy atom. The standard InChI is InChI=1S/C13H27N3/c1-2-13(10-14)16-8-6-15(7-9-16)11-12-4-3-5-12/h12-13H,2-11,14H2,1H3. The molecule has 3 nitrogen and oxygen atoms in total. The molecule has 0 aromatic rings. The van der Waals surface area contributed by atoms with Gasteiger partial charge in [0.05, 0.1) is 0 Å². The van der Waals surface area contributed by atoms with E-state index in [9.17, 15) is 0 Å². The Labute approximate surface area is 100.0 Å². The Balaban J connectivity index is 1.68. The molecule has 0 bridgehead atoms. The monoisotopic (exact) mass is 225 g/mol. The third-order valence-corrected chi connectivity index (χ3v) is 4.41. The van der Waals surface area contributed by atoms with Crippen LogP contribution < -0.4 is 5.73 Å². The van der Waals surface area contributed by atoms with Crippen LogP contribution in [0.5, 0.6) is 0 Å². The quantitative estimate of drug-likeness (QED) is 0.761. The Bertz CT molecular complexity index is 191. The summed E-state index contributed by atoms with van der Waals surface area (Å²) in [5, 5.41) is 0. The van der Waals surface area contributed by atoms with Crippen molar-refractivity contribution in [2.75, 3.05) is 39.3 Å². The maximum Gasteiger partial charge on any atom is 0.0216 e. The molecule has 1 atom stereocenters. The largest absolute Gasteiger partial charge is 0.329 e. The van der Waals surface area contributed by atoms with Gasteiger partial charge in [-0.2, -0.15) is 0 Å². The smallest absolute Gasteiger partial charge is 0.0216 e. The second-order valence-corrected chi connectivity index (χ2v) is 5.43. The molecule has 2 N–H and O–H groups in total. The highest BCUT2D eigenvalue weighted by atomic mass is 15.3. The van der Waals surface area contributed by atoms with Crippen molar-refractivity contribution in [3.05, 3.63) is 0 Å². The predicted molar refractivity (Wildman–Crippen MR) is 68.5 cm³/mol. The molecule has 0 aromatic carbocycles. The molecule has 1 saturated carbocycles. The first-order valence-corrected chi connectivity index (χ1v) is 7.00. The molecule has 0 radical (unpaired) electrons. The SMILES string of the molecule is CCC(CN)N1CCN(CC2CCC2)CC1. The topological polar surface area (TPSA) is 32.5 Å². The van der Waals surface area contributed by atoms with Gasteiger partial charge in [-0.05, 0) is 25.2 Å². The van der Waals surface area contributed by atoms with E-state index >= 15 is 0 Å². The third kappa shape index (κ3) is 2.96. The van der Waals surface area contributed by atoms with Crippen LogP contribution in [0.2, 0.25) is 0 Å². The fraction of sp³-hybridized carbons (Fsp3) is 1.00. The second-order valence-electron chi connectivity index (χ2n) is 5.43. The summed E-state index contributed by atoms with van der Waals surface area (Å²) in [5.41, 5.74) is 5.80. The van der Waals surface area contributed by atoms with Crippen LogP contribution in [-0.2, 0) is 0 Å². The van der Waals surface area contributed by atoms with E-state index in [1.807, 2.05) is 0 Å². The number of nitrogens with two attached hydrogens (primary N) is 1. The van der Waals surface area contributed by atoms with Crippen LogP contribution in [0.4, 0.5) is 0 Å². The van der Waals surface area contributed by atoms with E-state index < -0.39 is 0 Å². The molecule has 1 heterocycles. The van der Waals surface area contributed by atoms with Gasteiger partial charge >= 0.3 is 0 Å². The van der Waals surface area contributed by atoms with Gasteiger partial charge in [0, 0.05) is 45.3 Å². The lowest BCUT2D eigenvalue weighted by Crippen LogP contribution is -2.53. The summed E-state index contributed by atoms with van der Waals surface area (Å²) in [5.74, 6) is 1.02. The molecule has 94 valence electrons. The molecule has 1 saturated heterocycles. The van der Waals surface area contributed by atoms with Gasteiger partial charge in [-0.25, -0.2) is 0 Å². The summed E-state index contributed by atoms with van der Waals surface area (Å²) in [7, 11) is 0. The Kier molecular flexibility index (Phi) is 4.62. The molecule has 1 aliphatic heterocycles. The molecule has 2 aliphatic rings. The molecule has 2 rings (SSSR count). The maximum absolute atomic E-state index is 5.80. The van der Waals surface area contributed by atoms with Crippen molar-refractivity contribution < 1.29 is 0 Å². The van der Waals surface area contributed by atoms with E-state index in [0.29, 0.717) is 6.04 Å². The van der Waals surface area contributed by atoms with Crippen molar-refractivity contribution >= 4 is 0 Å². The fourth-order valence-corrected chi connectivity index (χ4v) is 2.93. The van der Waals surface area contributed by atoms with Gasteiger partial charge in [0.25, 0.3) is 0 Å². The number of nitrogens with zero attached hydrogens (tertiary/aromatic N) is 2. The van der Waals surface area contributed by atoms with E-state index in [4.69, 9.17) is 5.73 Å². The fourth-order valence-electron chi connectivity index (χ4n) is 2.93. The summed E-state index contributed by atoms with van der Waals surface area (Å²) in [4.78, 5) is 5.24. The van der Waals surface area contributed by atoms with Crippen LogP contribution in [0.3, 0.4) is 0 Å². The minimum absolute atomic E-state index is 0.617. The summed E-state index contributed by atoms with van der Waals surface area (Å²) < 4.78 is 0. The molecule has 0 amide bonds. The van der Waals surface area contributed by atoms with Gasteiger partial charge in [-0.3, -0.25) is 4.90 Å². The van der Waals surface area contributed by atoms with E-state index in [1.165, 1.54) is 58.4 Å². The average Bonchev–Trinajstić information content (AvgIpc) is 2.27. The third-order valence-electron chi connectivity index (χ3n) is 4.41. The average molecular weight is 225 g/mol. The van der Waals surface area contributed by atoms with Crippen molar-refractivity contribution in [2.24, 2.45) is 11.7 Å². The number of hydrogen-bond acceptors (Lipinski definition) is 3. The zero-order valence-corrected chi connectivity index (χ0v) is 10.7. The predicted octanol–water partition coefficient (Wildman–Crippen LogP) is 1.14. The minimum atomic E-state index is 0.617. The molecule has 0 aromatic heterocycles. The summed E-state index contributed by atoms with van der Waals surface area (Å²) in [6.07, 6.45) is 5.61. The Morgan fingerprint density at radius 3 is 2.31 bits per heavy atom. The van der Waals surface area contributed by atoms with Gasteiger partial charge in [0.1, 0.15) is 0 Å². The van der Waals surface area contributed by atoms with E-state index in [2.05, 4.69) is 16.7 Å². The van der Waals surface area contributed by atoms with E-state index in [0.717, 1.165) is 12.5 Å². The molecule has 0 spiro atoms. The molecule has 1 unspecified atom stereocenters. The highest BCUT2D eigenvalue weighted by Crippen LogP contribution is 2.27. The highest BCUT2D eigenvalue weighted by molar-refractivity contribution is 4.81. The molecule has 16 heavy (non-hydrogen) atoms. The van der Waals surface area contributed by atoms with Crippen molar-refractivity contribution in [3.8, 4) is 0 Å². The van der Waals surface area contributed by atoms with Crippen LogP contribution in [0.25, 0.3) is 0 Å². The van der Waals surface area contributed by atoms with Gasteiger partial charge in [-0.1, -0.05) is 13.3 Å². The first-order valence-electron chi connectivity index (χ1n) is 7.00. The first-order chi connectivity index (χ1) is 7.83. The molecule has 2 fully saturated rings. The van der Waals surface area contributed by atoms with Crippen molar-refractivity contribution in [1.29, 1.82) is 0 Å². The van der Waals surface area contributed by atoms with E-state index in [-0.39, 0.29) is 0 Å². The number of hydrogen-bond donors (Lipinski definition) is 1. The van der Waals surface area contributed by atoms with E-state index in [1.54, 1.807) is 0 Å². The minimum Gasteiger partial charge on any atom is -0.329 e. The normalized spacial score (nSPS) is 26.6. The molecule has 3 heteroatoms. The van der Waals surface area contributed by atoms with Gasteiger partial charge in [0.2, 0.25) is 0 Å². The lowest BCUT2D eigenvalue weighted by Gasteiger charge is -2.41. The van der Waals surface area contributed by atoms with Crippen molar-refractivity contribution in [3.63, 3.8) is 0 Å². The van der Waals surface area contributed by atoms with Gasteiger partial charge in [-0.15, -0.1) is 0 Å². The number of rotatable bonds is 5. The maximum atomic E-state index is 5.80. The van der Waals surface area contributed by atoms with Gasteiger partial charge in [0.15, 0.2) is 0 Å². The number of piperazine rings is 1. The zero-order chi connectivity index (χ0) is 11.4. The molecule has 1 aliphatic carbocycles. The van der Waals surface area contributed by atoms with Crippen LogP contribution in [0.15, 0.2) is 0 Å². The lowest BCUT2D eigenvalue weighted by molar-refractivity contribution is 0.0755. The summed E-state index contributed by atoms with van der Waals surface area (Å²) in [6, 6.07) is 0.617. The molecular weight excluding hydrogens is 198 g/mol.